The van der Waals surface area contributed by atoms with E-state index in [1.807, 2.05) is 12.1 Å². The number of hydrogen-bond donors (Lipinski definition) is 2. The molecule has 0 aliphatic carbocycles. The van der Waals surface area contributed by atoms with Crippen molar-refractivity contribution in [3.05, 3.63) is 77.9 Å². The molecule has 3 aromatic carbocycles. The summed E-state index contributed by atoms with van der Waals surface area (Å²) in [6.07, 6.45) is 2.01. The van der Waals surface area contributed by atoms with Crippen LogP contribution in [-0.4, -0.2) is 17.0 Å². The van der Waals surface area contributed by atoms with Gasteiger partial charge in [0.2, 0.25) is 5.91 Å². The first-order chi connectivity index (χ1) is 13.0. The summed E-state index contributed by atoms with van der Waals surface area (Å²) in [4.78, 5) is 23.4. The molecule has 1 amide bonds. The van der Waals surface area contributed by atoms with E-state index in [1.165, 1.54) is 22.4 Å². The van der Waals surface area contributed by atoms with Crippen LogP contribution in [0.15, 0.2) is 66.7 Å². The average molecular weight is 361 g/mol. The Hall–Kier alpha value is -3.14. The normalized spacial score (nSPS) is 11.9. The van der Waals surface area contributed by atoms with Crippen molar-refractivity contribution in [2.75, 3.05) is 5.32 Å². The Morgan fingerprint density at radius 3 is 2.44 bits per heavy atom. The third kappa shape index (κ3) is 4.73. The van der Waals surface area contributed by atoms with E-state index in [2.05, 4.69) is 42.6 Å². The number of rotatable bonds is 7. The highest BCUT2D eigenvalue weighted by molar-refractivity contribution is 6.00. The summed E-state index contributed by atoms with van der Waals surface area (Å²) < 4.78 is 0. The van der Waals surface area contributed by atoms with Gasteiger partial charge in [-0.1, -0.05) is 61.5 Å². The largest absolute Gasteiger partial charge is 0.478 e. The zero-order valence-corrected chi connectivity index (χ0v) is 15.3. The number of hydrogen-bond acceptors (Lipinski definition) is 2. The fourth-order valence-electron chi connectivity index (χ4n) is 3.24. The Kier molecular flexibility index (Phi) is 5.87. The molecular weight excluding hydrogens is 338 g/mol. The molecule has 0 fully saturated rings. The fraction of sp³-hybridized carbons (Fsp3) is 0.217. The van der Waals surface area contributed by atoms with Crippen LogP contribution >= 0.6 is 0 Å². The summed E-state index contributed by atoms with van der Waals surface area (Å²) in [5.74, 6) is -0.848. The molecule has 0 radical (unpaired) electrons. The Balaban J connectivity index is 1.54. The van der Waals surface area contributed by atoms with Crippen molar-refractivity contribution in [3.63, 3.8) is 0 Å². The Labute approximate surface area is 158 Å². The number of aromatic carboxylic acids is 1. The molecule has 0 bridgehead atoms. The minimum Gasteiger partial charge on any atom is -0.478 e. The molecule has 3 aromatic rings. The van der Waals surface area contributed by atoms with E-state index in [0.717, 1.165) is 12.8 Å². The van der Waals surface area contributed by atoms with Crippen LogP contribution < -0.4 is 5.32 Å². The van der Waals surface area contributed by atoms with Crippen molar-refractivity contribution >= 4 is 28.3 Å². The van der Waals surface area contributed by atoms with Crippen LogP contribution in [0.1, 0.15) is 48.0 Å². The summed E-state index contributed by atoms with van der Waals surface area (Å²) in [5, 5.41) is 14.3. The third-order valence-corrected chi connectivity index (χ3v) is 4.82. The molecule has 2 N–H and O–H groups in total. The van der Waals surface area contributed by atoms with E-state index < -0.39 is 5.97 Å². The predicted octanol–water partition coefficient (Wildman–Crippen LogP) is 5.45. The molecule has 0 aliphatic heterocycles. The number of fused-ring (bicyclic) bond motifs is 1. The number of amides is 1. The topological polar surface area (TPSA) is 66.4 Å². The van der Waals surface area contributed by atoms with E-state index in [-0.39, 0.29) is 11.5 Å². The van der Waals surface area contributed by atoms with Gasteiger partial charge in [-0.3, -0.25) is 4.79 Å². The average Bonchev–Trinajstić information content (AvgIpc) is 2.67. The lowest BCUT2D eigenvalue weighted by atomic mass is 9.93. The Bertz CT molecular complexity index is 965. The summed E-state index contributed by atoms with van der Waals surface area (Å²) >= 11 is 0. The molecule has 138 valence electrons. The van der Waals surface area contributed by atoms with Crippen molar-refractivity contribution in [1.82, 2.24) is 0 Å². The second-order valence-corrected chi connectivity index (χ2v) is 6.80. The number of carbonyl (C=O) groups excluding carboxylic acids is 1. The molecule has 1 unspecified atom stereocenters. The molecule has 4 heteroatoms. The zero-order valence-electron chi connectivity index (χ0n) is 15.3. The lowest BCUT2D eigenvalue weighted by Gasteiger charge is -2.13. The van der Waals surface area contributed by atoms with E-state index in [9.17, 15) is 14.7 Å². The molecule has 0 aliphatic rings. The van der Waals surface area contributed by atoms with Crippen molar-refractivity contribution in [2.24, 2.45) is 0 Å². The van der Waals surface area contributed by atoms with E-state index in [4.69, 9.17) is 0 Å². The van der Waals surface area contributed by atoms with Crippen molar-refractivity contribution in [3.8, 4) is 0 Å². The first-order valence-corrected chi connectivity index (χ1v) is 9.15. The van der Waals surface area contributed by atoms with Gasteiger partial charge in [0.05, 0.1) is 11.3 Å². The Morgan fingerprint density at radius 2 is 1.67 bits per heavy atom. The van der Waals surface area contributed by atoms with Gasteiger partial charge in [-0.2, -0.15) is 0 Å². The molecule has 0 aromatic heterocycles. The quantitative estimate of drug-likeness (QED) is 0.588. The number of anilines is 1. The van der Waals surface area contributed by atoms with Crippen molar-refractivity contribution in [1.29, 1.82) is 0 Å². The van der Waals surface area contributed by atoms with Crippen LogP contribution in [0.3, 0.4) is 0 Å². The maximum atomic E-state index is 12.2. The van der Waals surface area contributed by atoms with Crippen LogP contribution in [0, 0.1) is 0 Å². The monoisotopic (exact) mass is 361 g/mol. The van der Waals surface area contributed by atoms with Gasteiger partial charge in [0.25, 0.3) is 0 Å². The first kappa shape index (κ1) is 18.6. The second-order valence-electron chi connectivity index (χ2n) is 6.80. The van der Waals surface area contributed by atoms with Gasteiger partial charge in [0.15, 0.2) is 0 Å². The standard InChI is InChI=1S/C23H23NO3/c1-16(18-14-13-17-8-2-3-9-19(17)15-18)7-6-12-22(25)24-21-11-5-4-10-20(21)23(26)27/h2-5,8-11,13-16H,6-7,12H2,1H3,(H,24,25)(H,26,27). The number of carboxylic acid groups (broad SMARTS) is 1. The van der Waals surface area contributed by atoms with E-state index >= 15 is 0 Å². The maximum absolute atomic E-state index is 12.2. The van der Waals surface area contributed by atoms with Crippen LogP contribution in [0.4, 0.5) is 5.69 Å². The smallest absolute Gasteiger partial charge is 0.337 e. The van der Waals surface area contributed by atoms with E-state index in [0.29, 0.717) is 18.0 Å². The summed E-state index contributed by atoms with van der Waals surface area (Å²) in [7, 11) is 0. The molecule has 3 rings (SSSR count). The van der Waals surface area contributed by atoms with Crippen LogP contribution in [0.25, 0.3) is 10.8 Å². The van der Waals surface area contributed by atoms with Crippen LogP contribution in [-0.2, 0) is 4.79 Å². The third-order valence-electron chi connectivity index (χ3n) is 4.82. The first-order valence-electron chi connectivity index (χ1n) is 9.15. The van der Waals surface area contributed by atoms with Gasteiger partial charge in [0.1, 0.15) is 0 Å². The molecule has 1 atom stereocenters. The number of nitrogens with one attached hydrogen (secondary N) is 1. The van der Waals surface area contributed by atoms with Crippen LogP contribution in [0.5, 0.6) is 0 Å². The zero-order chi connectivity index (χ0) is 19.2. The number of carboxylic acids is 1. The molecular formula is C23H23NO3. The highest BCUT2D eigenvalue weighted by Crippen LogP contribution is 2.25. The van der Waals surface area contributed by atoms with Gasteiger partial charge >= 0.3 is 5.97 Å². The van der Waals surface area contributed by atoms with Gasteiger partial charge in [0, 0.05) is 6.42 Å². The maximum Gasteiger partial charge on any atom is 0.337 e. The molecule has 27 heavy (non-hydrogen) atoms. The van der Waals surface area contributed by atoms with Gasteiger partial charge < -0.3 is 10.4 Å². The number of benzene rings is 3. The van der Waals surface area contributed by atoms with E-state index in [1.54, 1.807) is 18.2 Å². The highest BCUT2D eigenvalue weighted by atomic mass is 16.4. The molecule has 0 saturated carbocycles. The molecule has 0 saturated heterocycles. The fourth-order valence-corrected chi connectivity index (χ4v) is 3.24. The molecule has 0 spiro atoms. The van der Waals surface area contributed by atoms with Gasteiger partial charge in [-0.15, -0.1) is 0 Å². The van der Waals surface area contributed by atoms with Gasteiger partial charge in [-0.05, 0) is 47.2 Å². The summed E-state index contributed by atoms with van der Waals surface area (Å²) in [5.41, 5.74) is 1.72. The van der Waals surface area contributed by atoms with Gasteiger partial charge in [-0.25, -0.2) is 4.79 Å². The summed E-state index contributed by atoms with van der Waals surface area (Å²) in [6, 6.07) is 21.2. The lowest BCUT2D eigenvalue weighted by molar-refractivity contribution is -0.116. The van der Waals surface area contributed by atoms with Crippen molar-refractivity contribution < 1.29 is 14.7 Å². The highest BCUT2D eigenvalue weighted by Gasteiger charge is 2.12. The number of para-hydroxylation sites is 1. The minimum atomic E-state index is -1.05. The molecule has 0 heterocycles. The number of carbonyl (C=O) groups is 2. The van der Waals surface area contributed by atoms with Crippen LogP contribution in [0.2, 0.25) is 0 Å². The SMILES string of the molecule is CC(CCCC(=O)Nc1ccccc1C(=O)O)c1ccc2ccccc2c1. The Morgan fingerprint density at radius 1 is 0.963 bits per heavy atom. The lowest BCUT2D eigenvalue weighted by Crippen LogP contribution is -2.14. The second kappa shape index (κ2) is 8.49. The predicted molar refractivity (Wildman–Crippen MR) is 108 cm³/mol. The summed E-state index contributed by atoms with van der Waals surface area (Å²) in [6.45, 7) is 2.17. The van der Waals surface area contributed by atoms with Crippen molar-refractivity contribution in [2.45, 2.75) is 32.1 Å². The minimum absolute atomic E-state index is 0.107. The molecule has 4 nitrogen and oxygen atoms in total.